The Morgan fingerprint density at radius 2 is 2.06 bits per heavy atom. The monoisotopic (exact) mass is 217 g/mol. The zero-order chi connectivity index (χ0) is 11.5. The molecule has 0 atom stereocenters. The second-order valence-electron chi connectivity index (χ2n) is 3.24. The Bertz CT molecular complexity index is 537. The van der Waals surface area contributed by atoms with Crippen molar-refractivity contribution in [3.8, 4) is 11.5 Å². The van der Waals surface area contributed by atoms with E-state index in [9.17, 15) is 4.79 Å². The predicted molar refractivity (Wildman–Crippen MR) is 60.2 cm³/mol. The molecule has 0 saturated heterocycles. The second-order valence-corrected chi connectivity index (χ2v) is 3.24. The van der Waals surface area contributed by atoms with E-state index in [1.165, 1.54) is 0 Å². The molecule has 1 heterocycles. The number of aromatic nitrogens is 1. The molecule has 0 saturated carbocycles. The molecule has 0 radical (unpaired) electrons. The lowest BCUT2D eigenvalue weighted by molar-refractivity contribution is 0.112. The third-order valence-electron chi connectivity index (χ3n) is 2.40. The van der Waals surface area contributed by atoms with Gasteiger partial charge in [0.25, 0.3) is 0 Å². The van der Waals surface area contributed by atoms with E-state index in [0.717, 1.165) is 11.7 Å². The first-order valence-electron chi connectivity index (χ1n) is 4.76. The zero-order valence-electron chi connectivity index (χ0n) is 9.06. The minimum atomic E-state index is 0.571. The fourth-order valence-electron chi connectivity index (χ4n) is 1.59. The molecule has 2 rings (SSSR count). The molecule has 0 spiro atoms. The third kappa shape index (κ3) is 1.58. The molecule has 0 amide bonds. The van der Waals surface area contributed by atoms with Crippen molar-refractivity contribution < 1.29 is 14.3 Å². The van der Waals surface area contributed by atoms with Gasteiger partial charge < -0.3 is 9.47 Å². The molecule has 0 aliphatic heterocycles. The number of fused-ring (bicyclic) bond motifs is 1. The van der Waals surface area contributed by atoms with E-state index in [-0.39, 0.29) is 0 Å². The van der Waals surface area contributed by atoms with E-state index in [1.807, 2.05) is 0 Å². The smallest absolute Gasteiger partial charge is 0.150 e. The molecule has 0 bridgehead atoms. The number of ether oxygens (including phenoxy) is 2. The number of hydrogen-bond donors (Lipinski definition) is 0. The van der Waals surface area contributed by atoms with Crippen molar-refractivity contribution in [2.24, 2.45) is 0 Å². The summed E-state index contributed by atoms with van der Waals surface area (Å²) in [6.45, 7) is 0. The Balaban J connectivity index is 2.83. The van der Waals surface area contributed by atoms with Crippen LogP contribution < -0.4 is 9.47 Å². The van der Waals surface area contributed by atoms with E-state index in [2.05, 4.69) is 4.98 Å². The molecule has 4 heteroatoms. The molecule has 0 N–H and O–H groups in total. The molecule has 82 valence electrons. The van der Waals surface area contributed by atoms with Gasteiger partial charge in [-0.05, 0) is 12.1 Å². The Hall–Kier alpha value is -2.10. The van der Waals surface area contributed by atoms with Gasteiger partial charge >= 0.3 is 0 Å². The minimum absolute atomic E-state index is 0.571. The summed E-state index contributed by atoms with van der Waals surface area (Å²) in [5.41, 5.74) is 1.23. The van der Waals surface area contributed by atoms with E-state index >= 15 is 0 Å². The number of pyridine rings is 1. The van der Waals surface area contributed by atoms with E-state index in [4.69, 9.17) is 9.47 Å². The first-order valence-corrected chi connectivity index (χ1v) is 4.76. The molecule has 0 unspecified atom stereocenters. The second kappa shape index (κ2) is 4.18. The molecule has 1 aromatic carbocycles. The number of hydrogen-bond acceptors (Lipinski definition) is 4. The van der Waals surface area contributed by atoms with Gasteiger partial charge in [0, 0.05) is 23.2 Å². The van der Waals surface area contributed by atoms with Gasteiger partial charge in [0.05, 0.1) is 14.2 Å². The maximum atomic E-state index is 10.9. The van der Waals surface area contributed by atoms with Crippen LogP contribution in [-0.2, 0) is 0 Å². The largest absolute Gasteiger partial charge is 0.497 e. The highest BCUT2D eigenvalue weighted by molar-refractivity contribution is 5.99. The summed E-state index contributed by atoms with van der Waals surface area (Å²) < 4.78 is 10.4. The van der Waals surface area contributed by atoms with Crippen LogP contribution in [0.15, 0.2) is 24.4 Å². The normalized spacial score (nSPS) is 10.1. The molecular formula is C12H11NO3. The van der Waals surface area contributed by atoms with Crippen molar-refractivity contribution in [1.29, 1.82) is 0 Å². The lowest BCUT2D eigenvalue weighted by Crippen LogP contribution is -1.93. The van der Waals surface area contributed by atoms with Crippen LogP contribution in [0.5, 0.6) is 11.5 Å². The van der Waals surface area contributed by atoms with Gasteiger partial charge in [-0.2, -0.15) is 0 Å². The summed E-state index contributed by atoms with van der Waals surface area (Å²) in [7, 11) is 3.13. The first kappa shape index (κ1) is 10.4. The Morgan fingerprint density at radius 1 is 1.25 bits per heavy atom. The molecule has 0 aliphatic rings. The molecule has 1 aromatic heterocycles. The van der Waals surface area contributed by atoms with Gasteiger partial charge in [0.15, 0.2) is 6.29 Å². The number of benzene rings is 1. The number of methoxy groups -OCH3 is 2. The van der Waals surface area contributed by atoms with E-state index in [1.54, 1.807) is 38.6 Å². The molecule has 0 fully saturated rings. The number of carbonyl (C=O) groups is 1. The number of nitrogens with zero attached hydrogens (tertiary/aromatic N) is 1. The van der Waals surface area contributed by atoms with Gasteiger partial charge in [0.1, 0.15) is 17.0 Å². The van der Waals surface area contributed by atoms with Crippen LogP contribution in [0.3, 0.4) is 0 Å². The molecule has 16 heavy (non-hydrogen) atoms. The van der Waals surface area contributed by atoms with Crippen molar-refractivity contribution in [2.75, 3.05) is 14.2 Å². The van der Waals surface area contributed by atoms with Crippen molar-refractivity contribution in [2.45, 2.75) is 0 Å². The maximum Gasteiger partial charge on any atom is 0.150 e. The predicted octanol–water partition coefficient (Wildman–Crippen LogP) is 2.06. The van der Waals surface area contributed by atoms with E-state index < -0.39 is 0 Å². The quantitative estimate of drug-likeness (QED) is 0.738. The van der Waals surface area contributed by atoms with Crippen LogP contribution in [0.4, 0.5) is 0 Å². The van der Waals surface area contributed by atoms with Crippen LogP contribution in [0, 0.1) is 0 Å². The summed E-state index contributed by atoms with van der Waals surface area (Å²) in [5.74, 6) is 1.23. The fraction of sp³-hybridized carbons (Fsp3) is 0.167. The summed E-state index contributed by atoms with van der Waals surface area (Å²) in [4.78, 5) is 15.1. The Labute approximate surface area is 92.8 Å². The number of carbonyl (C=O) groups excluding carboxylic acids is 1. The topological polar surface area (TPSA) is 48.4 Å². The van der Waals surface area contributed by atoms with Gasteiger partial charge in [0.2, 0.25) is 0 Å². The Morgan fingerprint density at radius 3 is 2.69 bits per heavy atom. The summed E-state index contributed by atoms with van der Waals surface area (Å²) >= 11 is 0. The standard InChI is InChI=1S/C12H11NO3/c1-15-9-5-10-8(7-14)3-4-13-12(10)11(6-9)16-2/h3-7H,1-2H3. The van der Waals surface area contributed by atoms with Gasteiger partial charge in [-0.25, -0.2) is 0 Å². The Kier molecular flexibility index (Phi) is 2.72. The third-order valence-corrected chi connectivity index (χ3v) is 2.40. The average Bonchev–Trinajstić information content (AvgIpc) is 2.36. The molecular weight excluding hydrogens is 206 g/mol. The van der Waals surface area contributed by atoms with Crippen LogP contribution >= 0.6 is 0 Å². The molecule has 0 aliphatic carbocycles. The maximum absolute atomic E-state index is 10.9. The minimum Gasteiger partial charge on any atom is -0.497 e. The SMILES string of the molecule is COc1cc(OC)c2nccc(C=O)c2c1. The van der Waals surface area contributed by atoms with Crippen molar-refractivity contribution >= 4 is 17.2 Å². The van der Waals surface area contributed by atoms with Crippen molar-refractivity contribution in [1.82, 2.24) is 4.98 Å². The zero-order valence-corrected chi connectivity index (χ0v) is 9.06. The highest BCUT2D eigenvalue weighted by Gasteiger charge is 2.09. The summed E-state index contributed by atoms with van der Waals surface area (Å²) in [5, 5.41) is 0.730. The van der Waals surface area contributed by atoms with E-state index in [0.29, 0.717) is 22.6 Å². The highest BCUT2D eigenvalue weighted by atomic mass is 16.5. The first-order chi connectivity index (χ1) is 7.80. The highest BCUT2D eigenvalue weighted by Crippen LogP contribution is 2.30. The summed E-state index contributed by atoms with van der Waals surface area (Å²) in [6, 6.07) is 5.17. The number of aldehydes is 1. The van der Waals surface area contributed by atoms with Crippen LogP contribution in [0.1, 0.15) is 10.4 Å². The molecule has 2 aromatic rings. The van der Waals surface area contributed by atoms with Crippen LogP contribution in [0.2, 0.25) is 0 Å². The summed E-state index contributed by atoms with van der Waals surface area (Å²) in [6.07, 6.45) is 2.38. The fourth-order valence-corrected chi connectivity index (χ4v) is 1.59. The van der Waals surface area contributed by atoms with Gasteiger partial charge in [-0.1, -0.05) is 0 Å². The van der Waals surface area contributed by atoms with Crippen LogP contribution in [0.25, 0.3) is 10.9 Å². The van der Waals surface area contributed by atoms with Crippen molar-refractivity contribution in [3.05, 3.63) is 30.0 Å². The van der Waals surface area contributed by atoms with Gasteiger partial charge in [-0.15, -0.1) is 0 Å². The van der Waals surface area contributed by atoms with Crippen LogP contribution in [-0.4, -0.2) is 25.5 Å². The average molecular weight is 217 g/mol. The van der Waals surface area contributed by atoms with Crippen molar-refractivity contribution in [3.63, 3.8) is 0 Å². The molecule has 4 nitrogen and oxygen atoms in total. The van der Waals surface area contributed by atoms with Gasteiger partial charge in [-0.3, -0.25) is 9.78 Å². The lowest BCUT2D eigenvalue weighted by Gasteiger charge is -2.08. The lowest BCUT2D eigenvalue weighted by atomic mass is 10.1. The number of rotatable bonds is 3.